The third-order valence-corrected chi connectivity index (χ3v) is 5.67. The highest BCUT2D eigenvalue weighted by Gasteiger charge is 2.13. The fourth-order valence-corrected chi connectivity index (χ4v) is 3.65. The van der Waals surface area contributed by atoms with Crippen LogP contribution in [0.5, 0.6) is 0 Å². The maximum atomic E-state index is 12.9. The van der Waals surface area contributed by atoms with Crippen LogP contribution < -0.4 is 15.4 Å². The molecule has 3 rings (SSSR count). The second-order valence-electron chi connectivity index (χ2n) is 6.14. The van der Waals surface area contributed by atoms with Crippen LogP contribution in [0.4, 0.5) is 10.1 Å². The van der Waals surface area contributed by atoms with Gasteiger partial charge >= 0.3 is 0 Å². The molecular weight excluding hydrogens is 411 g/mol. The van der Waals surface area contributed by atoms with Crippen molar-refractivity contribution >= 4 is 33.0 Å². The molecule has 3 N–H and O–H groups in total. The molecule has 0 aliphatic carbocycles. The summed E-state index contributed by atoms with van der Waals surface area (Å²) in [7, 11) is -3.69. The number of aromatic nitrogens is 1. The van der Waals surface area contributed by atoms with E-state index in [1.165, 1.54) is 36.4 Å². The van der Waals surface area contributed by atoms with E-state index in [0.29, 0.717) is 22.9 Å². The van der Waals surface area contributed by atoms with E-state index in [2.05, 4.69) is 20.3 Å². The average Bonchev–Trinajstić information content (AvgIpc) is 2.73. The van der Waals surface area contributed by atoms with Gasteiger partial charge in [0.15, 0.2) is 5.11 Å². The van der Waals surface area contributed by atoms with Gasteiger partial charge in [0.2, 0.25) is 10.0 Å². The number of benzene rings is 2. The van der Waals surface area contributed by atoms with Crippen LogP contribution in [0.15, 0.2) is 78.0 Å². The van der Waals surface area contributed by atoms with Crippen molar-refractivity contribution in [3.8, 4) is 0 Å². The van der Waals surface area contributed by atoms with Crippen LogP contribution in [0.25, 0.3) is 0 Å². The second-order valence-corrected chi connectivity index (χ2v) is 8.31. The van der Waals surface area contributed by atoms with Gasteiger partial charge in [-0.2, -0.15) is 0 Å². The summed E-state index contributed by atoms with van der Waals surface area (Å²) in [6, 6.07) is 15.6. The molecule has 0 spiro atoms. The number of nitrogens with one attached hydrogen (secondary N) is 3. The Balaban J connectivity index is 1.54. The summed E-state index contributed by atoms with van der Waals surface area (Å²) in [4.78, 5) is 4.08. The minimum atomic E-state index is -3.69. The van der Waals surface area contributed by atoms with E-state index < -0.39 is 10.0 Å². The quantitative estimate of drug-likeness (QED) is 0.500. The molecule has 6 nitrogen and oxygen atoms in total. The van der Waals surface area contributed by atoms with E-state index in [1.807, 2.05) is 12.1 Å². The minimum absolute atomic E-state index is 0.0750. The van der Waals surface area contributed by atoms with Crippen molar-refractivity contribution in [3.05, 3.63) is 90.0 Å². The normalized spacial score (nSPS) is 11.1. The lowest BCUT2D eigenvalue weighted by molar-refractivity contribution is 0.581. The molecule has 1 aromatic heterocycles. The summed E-state index contributed by atoms with van der Waals surface area (Å²) >= 11 is 5.25. The molecule has 0 aliphatic heterocycles. The van der Waals surface area contributed by atoms with Crippen molar-refractivity contribution in [1.29, 1.82) is 0 Å². The van der Waals surface area contributed by atoms with Crippen molar-refractivity contribution in [2.75, 3.05) is 5.32 Å². The summed E-state index contributed by atoms with van der Waals surface area (Å²) in [5, 5.41) is 6.50. The van der Waals surface area contributed by atoms with E-state index in [9.17, 15) is 12.8 Å². The number of rotatable bonds is 7. The Morgan fingerprint density at radius 2 is 1.52 bits per heavy atom. The van der Waals surface area contributed by atoms with E-state index in [0.717, 1.165) is 5.56 Å². The summed E-state index contributed by atoms with van der Waals surface area (Å²) in [6.45, 7) is 0.625. The predicted molar refractivity (Wildman–Crippen MR) is 114 cm³/mol. The van der Waals surface area contributed by atoms with Crippen molar-refractivity contribution in [1.82, 2.24) is 15.0 Å². The Kier molecular flexibility index (Phi) is 6.86. The first-order valence-electron chi connectivity index (χ1n) is 8.70. The Morgan fingerprint density at radius 1 is 0.897 bits per heavy atom. The number of nitrogens with zero attached hydrogens (tertiary/aromatic N) is 1. The van der Waals surface area contributed by atoms with Crippen LogP contribution in [0.3, 0.4) is 0 Å². The van der Waals surface area contributed by atoms with Crippen molar-refractivity contribution in [2.24, 2.45) is 0 Å². The van der Waals surface area contributed by atoms with E-state index >= 15 is 0 Å². The van der Waals surface area contributed by atoms with Gasteiger partial charge in [-0.1, -0.05) is 12.1 Å². The van der Waals surface area contributed by atoms with E-state index in [1.54, 1.807) is 24.5 Å². The zero-order valence-corrected chi connectivity index (χ0v) is 16.9. The van der Waals surface area contributed by atoms with Crippen LogP contribution in [-0.4, -0.2) is 18.5 Å². The van der Waals surface area contributed by atoms with Gasteiger partial charge in [-0.15, -0.1) is 0 Å². The molecule has 0 aliphatic rings. The molecule has 0 atom stereocenters. The molecule has 0 saturated heterocycles. The molecule has 29 heavy (non-hydrogen) atoms. The molecule has 150 valence electrons. The van der Waals surface area contributed by atoms with Crippen LogP contribution in [0.1, 0.15) is 11.1 Å². The molecule has 0 bridgehead atoms. The second kappa shape index (κ2) is 9.55. The number of anilines is 1. The lowest BCUT2D eigenvalue weighted by Gasteiger charge is -2.11. The number of hydrogen-bond acceptors (Lipinski definition) is 4. The molecular formula is C20H19FN4O2S2. The van der Waals surface area contributed by atoms with Gasteiger partial charge in [-0.3, -0.25) is 4.98 Å². The third kappa shape index (κ3) is 6.31. The fourth-order valence-electron chi connectivity index (χ4n) is 2.44. The number of pyridine rings is 1. The number of halogens is 1. The smallest absolute Gasteiger partial charge is 0.240 e. The molecule has 3 aromatic rings. The molecule has 0 saturated carbocycles. The number of thiocarbonyl (C=S) groups is 1. The molecule has 0 unspecified atom stereocenters. The number of sulfonamides is 1. The largest absolute Gasteiger partial charge is 0.358 e. The van der Waals surface area contributed by atoms with Crippen LogP contribution in [-0.2, 0) is 23.1 Å². The molecule has 2 aromatic carbocycles. The fraction of sp³-hybridized carbons (Fsp3) is 0.100. The maximum absolute atomic E-state index is 12.9. The highest BCUT2D eigenvalue weighted by molar-refractivity contribution is 7.89. The Labute approximate surface area is 174 Å². The zero-order chi connectivity index (χ0) is 20.7. The summed E-state index contributed by atoms with van der Waals surface area (Å²) in [5.74, 6) is -0.368. The first-order chi connectivity index (χ1) is 13.9. The topological polar surface area (TPSA) is 83.1 Å². The summed E-state index contributed by atoms with van der Waals surface area (Å²) in [6.07, 6.45) is 3.41. The lowest BCUT2D eigenvalue weighted by Crippen LogP contribution is -2.28. The van der Waals surface area contributed by atoms with Gasteiger partial charge in [-0.05, 0) is 71.9 Å². The minimum Gasteiger partial charge on any atom is -0.358 e. The summed E-state index contributed by atoms with van der Waals surface area (Å²) < 4.78 is 40.3. The van der Waals surface area contributed by atoms with Crippen LogP contribution in [0, 0.1) is 5.82 Å². The highest BCUT2D eigenvalue weighted by atomic mass is 32.2. The first kappa shape index (κ1) is 20.8. The first-order valence-corrected chi connectivity index (χ1v) is 10.6. The van der Waals surface area contributed by atoms with E-state index in [-0.39, 0.29) is 17.3 Å². The SMILES string of the molecule is O=S(=O)(NCc1ccc(F)cc1)c1ccc(NC(=S)NCc2ccncc2)cc1. The highest BCUT2D eigenvalue weighted by Crippen LogP contribution is 2.15. The predicted octanol–water partition coefficient (Wildman–Crippen LogP) is 3.19. The van der Waals surface area contributed by atoms with E-state index in [4.69, 9.17) is 12.2 Å². The Morgan fingerprint density at radius 3 is 2.17 bits per heavy atom. The molecule has 0 radical (unpaired) electrons. The zero-order valence-electron chi connectivity index (χ0n) is 15.3. The van der Waals surface area contributed by atoms with Gasteiger partial charge in [-0.25, -0.2) is 17.5 Å². The maximum Gasteiger partial charge on any atom is 0.240 e. The molecule has 9 heteroatoms. The Hall–Kier alpha value is -2.88. The van der Waals surface area contributed by atoms with Gasteiger partial charge in [0.25, 0.3) is 0 Å². The Bertz CT molecular complexity index is 1060. The van der Waals surface area contributed by atoms with Crippen molar-refractivity contribution < 1.29 is 12.8 Å². The lowest BCUT2D eigenvalue weighted by atomic mass is 10.2. The average molecular weight is 431 g/mol. The monoisotopic (exact) mass is 430 g/mol. The number of hydrogen-bond donors (Lipinski definition) is 3. The van der Waals surface area contributed by atoms with Crippen molar-refractivity contribution in [2.45, 2.75) is 18.0 Å². The molecule has 0 fully saturated rings. The molecule has 0 amide bonds. The van der Waals surface area contributed by atoms with Gasteiger partial charge in [0.1, 0.15) is 5.82 Å². The summed E-state index contributed by atoms with van der Waals surface area (Å²) in [5.41, 5.74) is 2.37. The molecule has 1 heterocycles. The van der Waals surface area contributed by atoms with Crippen molar-refractivity contribution in [3.63, 3.8) is 0 Å². The van der Waals surface area contributed by atoms with Crippen LogP contribution in [0.2, 0.25) is 0 Å². The van der Waals surface area contributed by atoms with Crippen LogP contribution >= 0.6 is 12.2 Å². The van der Waals surface area contributed by atoms with Gasteiger partial charge in [0.05, 0.1) is 4.90 Å². The van der Waals surface area contributed by atoms with Gasteiger partial charge in [0, 0.05) is 31.2 Å². The standard InChI is InChI=1S/C20H19FN4O2S2/c21-17-3-1-15(2-4-17)14-24-29(26,27)19-7-5-18(6-8-19)25-20(28)23-13-16-9-11-22-12-10-16/h1-12,24H,13-14H2,(H2,23,25,28). The van der Waals surface area contributed by atoms with Gasteiger partial charge < -0.3 is 10.6 Å². The third-order valence-electron chi connectivity index (χ3n) is 4.00.